The van der Waals surface area contributed by atoms with Gasteiger partial charge < -0.3 is 9.67 Å². The average Bonchev–Trinajstić information content (AvgIpc) is 3.06. The molecule has 2 aromatic heterocycles. The predicted octanol–water partition coefficient (Wildman–Crippen LogP) is 1.25. The van der Waals surface area contributed by atoms with Gasteiger partial charge in [-0.25, -0.2) is 0 Å². The van der Waals surface area contributed by atoms with Gasteiger partial charge in [0.2, 0.25) is 0 Å². The van der Waals surface area contributed by atoms with Gasteiger partial charge in [-0.1, -0.05) is 0 Å². The summed E-state index contributed by atoms with van der Waals surface area (Å²) in [7, 11) is 2.09. The number of aliphatic hydroxyl groups is 1. The van der Waals surface area contributed by atoms with E-state index in [-0.39, 0.29) is 6.10 Å². The lowest BCUT2D eigenvalue weighted by Crippen LogP contribution is -2.36. The molecule has 0 saturated carbocycles. The SMILES string of the molecule is Cc1nccnc1CN1CCC[C@@H](c2nnc(CN3CCC(O)CC3)n2C)C1. The van der Waals surface area contributed by atoms with Crippen molar-refractivity contribution in [2.24, 2.45) is 7.05 Å². The Kier molecular flexibility index (Phi) is 5.99. The van der Waals surface area contributed by atoms with Gasteiger partial charge in [0.25, 0.3) is 0 Å². The van der Waals surface area contributed by atoms with Crippen LogP contribution in [0.4, 0.5) is 0 Å². The minimum Gasteiger partial charge on any atom is -0.393 e. The molecule has 0 radical (unpaired) electrons. The smallest absolute Gasteiger partial charge is 0.146 e. The van der Waals surface area contributed by atoms with Gasteiger partial charge in [0.15, 0.2) is 0 Å². The first kappa shape index (κ1) is 19.4. The summed E-state index contributed by atoms with van der Waals surface area (Å²) in [6, 6.07) is 0. The number of aromatic nitrogens is 5. The normalized spacial score (nSPS) is 22.6. The molecule has 0 bridgehead atoms. The van der Waals surface area contributed by atoms with Crippen molar-refractivity contribution in [3.8, 4) is 0 Å². The Hall–Kier alpha value is -1.90. The first-order valence-electron chi connectivity index (χ1n) is 10.4. The van der Waals surface area contributed by atoms with Gasteiger partial charge >= 0.3 is 0 Å². The Labute approximate surface area is 166 Å². The van der Waals surface area contributed by atoms with E-state index in [4.69, 9.17) is 0 Å². The summed E-state index contributed by atoms with van der Waals surface area (Å²) in [5.41, 5.74) is 2.08. The molecule has 8 heteroatoms. The van der Waals surface area contributed by atoms with Crippen LogP contribution in [0.2, 0.25) is 0 Å². The van der Waals surface area contributed by atoms with Crippen molar-refractivity contribution in [1.82, 2.24) is 34.5 Å². The molecule has 1 N–H and O–H groups in total. The molecule has 4 rings (SSSR count). The maximum atomic E-state index is 9.70. The van der Waals surface area contributed by atoms with E-state index in [9.17, 15) is 5.11 Å². The largest absolute Gasteiger partial charge is 0.393 e. The first-order chi connectivity index (χ1) is 13.6. The lowest BCUT2D eigenvalue weighted by atomic mass is 9.97. The number of piperidine rings is 2. The van der Waals surface area contributed by atoms with Gasteiger partial charge in [-0.15, -0.1) is 10.2 Å². The van der Waals surface area contributed by atoms with Crippen LogP contribution in [0.5, 0.6) is 0 Å². The molecule has 0 amide bonds. The fourth-order valence-corrected chi connectivity index (χ4v) is 4.36. The van der Waals surface area contributed by atoms with Crippen molar-refractivity contribution in [1.29, 1.82) is 0 Å². The van der Waals surface area contributed by atoms with Crippen LogP contribution < -0.4 is 0 Å². The average molecular weight is 386 g/mol. The number of likely N-dealkylation sites (tertiary alicyclic amines) is 2. The molecule has 0 aliphatic carbocycles. The van der Waals surface area contributed by atoms with Crippen LogP contribution in [0.25, 0.3) is 0 Å². The second-order valence-electron chi connectivity index (χ2n) is 8.20. The lowest BCUT2D eigenvalue weighted by Gasteiger charge is -2.32. The van der Waals surface area contributed by atoms with Gasteiger partial charge in [-0.3, -0.25) is 19.8 Å². The zero-order chi connectivity index (χ0) is 19.5. The fourth-order valence-electron chi connectivity index (χ4n) is 4.36. The summed E-state index contributed by atoms with van der Waals surface area (Å²) in [5, 5.41) is 18.8. The standard InChI is InChI=1S/C20H31N7O/c1-15-18(22-8-7-21-15)13-27-9-3-4-16(12-27)20-24-23-19(25(20)2)14-26-10-5-17(28)6-11-26/h7-8,16-17,28H,3-6,9-14H2,1-2H3/t16-/m1/s1. The zero-order valence-electron chi connectivity index (χ0n) is 17.0. The molecular formula is C20H31N7O. The molecule has 2 fully saturated rings. The number of hydrogen-bond donors (Lipinski definition) is 1. The topological polar surface area (TPSA) is 83.2 Å². The second-order valence-corrected chi connectivity index (χ2v) is 8.20. The van der Waals surface area contributed by atoms with Crippen LogP contribution in [-0.4, -0.2) is 71.9 Å². The van der Waals surface area contributed by atoms with E-state index in [2.05, 4.69) is 41.6 Å². The third-order valence-corrected chi connectivity index (χ3v) is 6.15. The molecular weight excluding hydrogens is 354 g/mol. The number of rotatable bonds is 5. The quantitative estimate of drug-likeness (QED) is 0.829. The van der Waals surface area contributed by atoms with E-state index < -0.39 is 0 Å². The van der Waals surface area contributed by atoms with Gasteiger partial charge in [-0.05, 0) is 39.2 Å². The van der Waals surface area contributed by atoms with Crippen LogP contribution in [0.3, 0.4) is 0 Å². The number of aryl methyl sites for hydroxylation is 1. The molecule has 152 valence electrons. The number of nitrogens with zero attached hydrogens (tertiary/aromatic N) is 7. The predicted molar refractivity (Wildman–Crippen MR) is 106 cm³/mol. The van der Waals surface area contributed by atoms with Crippen LogP contribution in [0, 0.1) is 6.92 Å². The van der Waals surface area contributed by atoms with Crippen LogP contribution in [0.1, 0.15) is 54.6 Å². The van der Waals surface area contributed by atoms with Crippen molar-refractivity contribution in [3.63, 3.8) is 0 Å². The van der Waals surface area contributed by atoms with E-state index in [1.54, 1.807) is 12.4 Å². The van der Waals surface area contributed by atoms with E-state index in [1.165, 1.54) is 0 Å². The highest BCUT2D eigenvalue weighted by Crippen LogP contribution is 2.27. The summed E-state index contributed by atoms with van der Waals surface area (Å²) < 4.78 is 2.19. The molecule has 2 aliphatic heterocycles. The Morgan fingerprint density at radius 1 is 1.00 bits per heavy atom. The molecule has 0 spiro atoms. The Morgan fingerprint density at radius 2 is 1.79 bits per heavy atom. The van der Waals surface area contributed by atoms with Gasteiger partial charge in [0.05, 0.1) is 24.0 Å². The maximum Gasteiger partial charge on any atom is 0.146 e. The maximum absolute atomic E-state index is 9.70. The molecule has 8 nitrogen and oxygen atoms in total. The fraction of sp³-hybridized carbons (Fsp3) is 0.700. The number of aliphatic hydroxyl groups excluding tert-OH is 1. The Morgan fingerprint density at radius 3 is 2.57 bits per heavy atom. The molecule has 2 saturated heterocycles. The second kappa shape index (κ2) is 8.63. The van der Waals surface area contributed by atoms with Crippen molar-refractivity contribution >= 4 is 0 Å². The molecule has 4 heterocycles. The summed E-state index contributed by atoms with van der Waals surface area (Å²) in [4.78, 5) is 13.7. The van der Waals surface area contributed by atoms with Gasteiger partial charge in [0.1, 0.15) is 11.6 Å². The summed E-state index contributed by atoms with van der Waals surface area (Å²) in [6.45, 7) is 7.61. The highest BCUT2D eigenvalue weighted by molar-refractivity contribution is 5.09. The van der Waals surface area contributed by atoms with Gasteiger partial charge in [-0.2, -0.15) is 0 Å². The molecule has 0 unspecified atom stereocenters. The zero-order valence-corrected chi connectivity index (χ0v) is 17.0. The summed E-state index contributed by atoms with van der Waals surface area (Å²) >= 11 is 0. The summed E-state index contributed by atoms with van der Waals surface area (Å²) in [6.07, 6.45) is 7.40. The molecule has 28 heavy (non-hydrogen) atoms. The van der Waals surface area contributed by atoms with E-state index in [1.807, 2.05) is 6.92 Å². The van der Waals surface area contributed by atoms with Crippen LogP contribution >= 0.6 is 0 Å². The first-order valence-corrected chi connectivity index (χ1v) is 10.4. The van der Waals surface area contributed by atoms with Crippen molar-refractivity contribution < 1.29 is 5.11 Å². The van der Waals surface area contributed by atoms with Crippen LogP contribution in [-0.2, 0) is 20.1 Å². The van der Waals surface area contributed by atoms with Crippen molar-refractivity contribution in [2.75, 3.05) is 26.2 Å². The van der Waals surface area contributed by atoms with E-state index in [0.29, 0.717) is 5.92 Å². The molecule has 1 atom stereocenters. The van der Waals surface area contributed by atoms with E-state index in [0.717, 1.165) is 88.0 Å². The lowest BCUT2D eigenvalue weighted by molar-refractivity contribution is 0.0775. The third-order valence-electron chi connectivity index (χ3n) is 6.15. The highest BCUT2D eigenvalue weighted by atomic mass is 16.3. The van der Waals surface area contributed by atoms with Crippen LogP contribution in [0.15, 0.2) is 12.4 Å². The Balaban J connectivity index is 1.40. The highest BCUT2D eigenvalue weighted by Gasteiger charge is 2.27. The third kappa shape index (κ3) is 4.39. The summed E-state index contributed by atoms with van der Waals surface area (Å²) in [5.74, 6) is 2.51. The van der Waals surface area contributed by atoms with E-state index >= 15 is 0 Å². The Bertz CT molecular complexity index is 785. The van der Waals surface area contributed by atoms with Crippen molar-refractivity contribution in [3.05, 3.63) is 35.4 Å². The molecule has 0 aromatic carbocycles. The van der Waals surface area contributed by atoms with Gasteiger partial charge in [0, 0.05) is 51.5 Å². The molecule has 2 aliphatic rings. The molecule has 2 aromatic rings. The minimum atomic E-state index is -0.141. The monoisotopic (exact) mass is 385 g/mol. The minimum absolute atomic E-state index is 0.141. The number of hydrogen-bond acceptors (Lipinski definition) is 7. The van der Waals surface area contributed by atoms with Crippen molar-refractivity contribution in [2.45, 2.75) is 57.7 Å².